The van der Waals surface area contributed by atoms with Gasteiger partial charge in [-0.05, 0) is 61.1 Å². The van der Waals surface area contributed by atoms with Crippen LogP contribution in [0, 0.1) is 0 Å². The molecule has 0 radical (unpaired) electrons. The summed E-state index contributed by atoms with van der Waals surface area (Å²) in [5, 5.41) is 3.06. The number of amides is 2. The number of halogens is 2. The molecule has 0 aromatic heterocycles. The quantitative estimate of drug-likeness (QED) is 0.342. The highest BCUT2D eigenvalue weighted by Gasteiger charge is 2.16. The fourth-order valence-electron chi connectivity index (χ4n) is 2.11. The van der Waals surface area contributed by atoms with Gasteiger partial charge >= 0.3 is 0 Å². The molecule has 10 heteroatoms. The number of ether oxygens (including phenoxy) is 2. The summed E-state index contributed by atoms with van der Waals surface area (Å²) in [6.45, 7) is 1.53. The summed E-state index contributed by atoms with van der Waals surface area (Å²) < 4.78 is 10.6. The summed E-state index contributed by atoms with van der Waals surface area (Å²) in [4.78, 5) is 24.0. The van der Waals surface area contributed by atoms with Gasteiger partial charge in [0, 0.05) is 11.1 Å². The number of carbonyl (C=O) groups excluding carboxylic acids is 2. The normalized spacial score (nSPS) is 11.5. The topological polar surface area (TPSA) is 88.7 Å². The van der Waals surface area contributed by atoms with E-state index in [1.807, 2.05) is 0 Å². The van der Waals surface area contributed by atoms with Crippen LogP contribution in [0.15, 0.2) is 48.5 Å². The fraction of sp³-hybridized carbons (Fsp3) is 0.150. The molecule has 0 aliphatic heterocycles. The molecule has 0 spiro atoms. The van der Waals surface area contributed by atoms with Crippen LogP contribution in [-0.2, 0) is 9.59 Å². The summed E-state index contributed by atoms with van der Waals surface area (Å²) in [7, 11) is 1.57. The minimum absolute atomic E-state index is 0.0792. The molecule has 2 aromatic carbocycles. The third-order valence-electron chi connectivity index (χ3n) is 3.65. The molecule has 2 rings (SSSR count). The third kappa shape index (κ3) is 7.55. The Bertz CT molecular complexity index is 952. The SMILES string of the molecule is COc1ccc(C=CC(=O)NC(=S)NNC(=O)C(C)Oc2ccc(Cl)cc2Cl)cc1. The molecule has 0 fully saturated rings. The Morgan fingerprint density at radius 2 is 1.80 bits per heavy atom. The van der Waals surface area contributed by atoms with Crippen molar-refractivity contribution in [3.8, 4) is 11.5 Å². The Labute approximate surface area is 189 Å². The molecule has 1 unspecified atom stereocenters. The van der Waals surface area contributed by atoms with Gasteiger partial charge in [-0.15, -0.1) is 0 Å². The number of thiocarbonyl (C=S) groups is 1. The van der Waals surface area contributed by atoms with Gasteiger partial charge in [0.25, 0.3) is 5.91 Å². The minimum Gasteiger partial charge on any atom is -0.497 e. The average Bonchev–Trinajstić information content (AvgIpc) is 2.72. The number of hydrogen-bond acceptors (Lipinski definition) is 5. The monoisotopic (exact) mass is 467 g/mol. The molecule has 0 saturated carbocycles. The molecule has 3 N–H and O–H groups in total. The molecule has 0 aliphatic rings. The van der Waals surface area contributed by atoms with Crippen molar-refractivity contribution < 1.29 is 19.1 Å². The first kappa shape index (κ1) is 23.5. The van der Waals surface area contributed by atoms with Gasteiger partial charge in [-0.3, -0.25) is 25.8 Å². The summed E-state index contributed by atoms with van der Waals surface area (Å²) >= 11 is 16.8. The van der Waals surface area contributed by atoms with Gasteiger partial charge in [0.1, 0.15) is 11.5 Å². The standard InChI is InChI=1S/C20H19Cl2N3O4S/c1-12(29-17-9-6-14(21)11-16(17)22)19(27)24-25-20(30)23-18(26)10-5-13-3-7-15(28-2)8-4-13/h3-12H,1-2H3,(H,24,27)(H2,23,25,26,30). The lowest BCUT2D eigenvalue weighted by atomic mass is 10.2. The van der Waals surface area contributed by atoms with Crippen LogP contribution in [0.4, 0.5) is 0 Å². The van der Waals surface area contributed by atoms with Crippen molar-refractivity contribution in [2.45, 2.75) is 13.0 Å². The number of hydrogen-bond donors (Lipinski definition) is 3. The number of hydrazine groups is 1. The van der Waals surface area contributed by atoms with E-state index in [-0.39, 0.29) is 10.1 Å². The van der Waals surface area contributed by atoms with Crippen molar-refractivity contribution in [2.75, 3.05) is 7.11 Å². The van der Waals surface area contributed by atoms with Crippen LogP contribution in [0.25, 0.3) is 6.08 Å². The van der Waals surface area contributed by atoms with Gasteiger partial charge in [-0.2, -0.15) is 0 Å². The summed E-state index contributed by atoms with van der Waals surface area (Å²) in [5.41, 5.74) is 5.59. The highest BCUT2D eigenvalue weighted by Crippen LogP contribution is 2.28. The predicted molar refractivity (Wildman–Crippen MR) is 121 cm³/mol. The third-order valence-corrected chi connectivity index (χ3v) is 4.38. The molecular weight excluding hydrogens is 449 g/mol. The van der Waals surface area contributed by atoms with E-state index < -0.39 is 17.9 Å². The van der Waals surface area contributed by atoms with Crippen molar-refractivity contribution in [3.63, 3.8) is 0 Å². The maximum absolute atomic E-state index is 12.1. The van der Waals surface area contributed by atoms with Crippen LogP contribution in [0.1, 0.15) is 12.5 Å². The van der Waals surface area contributed by atoms with Crippen LogP contribution in [0.2, 0.25) is 10.0 Å². The first-order valence-electron chi connectivity index (χ1n) is 8.63. The maximum atomic E-state index is 12.1. The molecule has 158 valence electrons. The molecule has 0 aliphatic carbocycles. The van der Waals surface area contributed by atoms with Gasteiger partial charge in [-0.25, -0.2) is 0 Å². The number of carbonyl (C=O) groups is 2. The summed E-state index contributed by atoms with van der Waals surface area (Å²) in [6, 6.07) is 11.8. The minimum atomic E-state index is -0.885. The van der Waals surface area contributed by atoms with E-state index in [1.54, 1.807) is 49.6 Å². The number of benzene rings is 2. The van der Waals surface area contributed by atoms with E-state index >= 15 is 0 Å². The Kier molecular flexibility index (Phi) is 8.91. The Balaban J connectivity index is 1.77. The van der Waals surface area contributed by atoms with Crippen LogP contribution < -0.4 is 25.6 Å². The van der Waals surface area contributed by atoms with Crippen LogP contribution in [-0.4, -0.2) is 30.1 Å². The molecule has 30 heavy (non-hydrogen) atoms. The van der Waals surface area contributed by atoms with E-state index in [2.05, 4.69) is 16.2 Å². The zero-order valence-electron chi connectivity index (χ0n) is 16.1. The molecule has 0 bridgehead atoms. The van der Waals surface area contributed by atoms with Gasteiger partial charge in [0.15, 0.2) is 11.2 Å². The van der Waals surface area contributed by atoms with Crippen molar-refractivity contribution in [1.82, 2.24) is 16.2 Å². The summed E-state index contributed by atoms with van der Waals surface area (Å²) in [5.74, 6) is 0.0405. The zero-order chi connectivity index (χ0) is 22.1. The molecule has 0 saturated heterocycles. The fourth-order valence-corrected chi connectivity index (χ4v) is 2.71. The largest absolute Gasteiger partial charge is 0.497 e. The molecular formula is C20H19Cl2N3O4S. The maximum Gasteiger partial charge on any atom is 0.279 e. The second kappa shape index (κ2) is 11.4. The van der Waals surface area contributed by atoms with Crippen molar-refractivity contribution in [3.05, 3.63) is 64.1 Å². The molecule has 0 heterocycles. The second-order valence-corrected chi connectivity index (χ2v) is 7.13. The second-order valence-electron chi connectivity index (χ2n) is 5.87. The first-order chi connectivity index (χ1) is 14.3. The highest BCUT2D eigenvalue weighted by molar-refractivity contribution is 7.80. The average molecular weight is 468 g/mol. The smallest absolute Gasteiger partial charge is 0.279 e. The lowest BCUT2D eigenvalue weighted by Gasteiger charge is -2.16. The predicted octanol–water partition coefficient (Wildman–Crippen LogP) is 3.50. The van der Waals surface area contributed by atoms with Crippen LogP contribution in [0.5, 0.6) is 11.5 Å². The number of rotatable bonds is 6. The Hall–Kier alpha value is -2.81. The van der Waals surface area contributed by atoms with Gasteiger partial charge < -0.3 is 9.47 Å². The van der Waals surface area contributed by atoms with Crippen molar-refractivity contribution >= 4 is 58.4 Å². The molecule has 2 amide bonds. The van der Waals surface area contributed by atoms with E-state index in [0.717, 1.165) is 5.56 Å². The van der Waals surface area contributed by atoms with Crippen molar-refractivity contribution in [2.24, 2.45) is 0 Å². The lowest BCUT2D eigenvalue weighted by Crippen LogP contribution is -2.51. The molecule has 2 aromatic rings. The molecule has 1 atom stereocenters. The van der Waals surface area contributed by atoms with Crippen LogP contribution in [0.3, 0.4) is 0 Å². The Morgan fingerprint density at radius 1 is 1.10 bits per heavy atom. The van der Waals surface area contributed by atoms with E-state index in [1.165, 1.54) is 19.1 Å². The highest BCUT2D eigenvalue weighted by atomic mass is 35.5. The van der Waals surface area contributed by atoms with Gasteiger partial charge in [0.05, 0.1) is 12.1 Å². The van der Waals surface area contributed by atoms with Gasteiger partial charge in [0.2, 0.25) is 5.91 Å². The van der Waals surface area contributed by atoms with E-state index in [4.69, 9.17) is 44.9 Å². The number of nitrogens with one attached hydrogen (secondary N) is 3. The van der Waals surface area contributed by atoms with Crippen LogP contribution >= 0.6 is 35.4 Å². The first-order valence-corrected chi connectivity index (χ1v) is 9.79. The van der Waals surface area contributed by atoms with Gasteiger partial charge in [-0.1, -0.05) is 35.3 Å². The molecule has 7 nitrogen and oxygen atoms in total. The van der Waals surface area contributed by atoms with E-state index in [0.29, 0.717) is 16.5 Å². The lowest BCUT2D eigenvalue weighted by molar-refractivity contribution is -0.128. The zero-order valence-corrected chi connectivity index (χ0v) is 18.4. The van der Waals surface area contributed by atoms with Crippen molar-refractivity contribution in [1.29, 1.82) is 0 Å². The Morgan fingerprint density at radius 3 is 2.43 bits per heavy atom. The van der Waals surface area contributed by atoms with E-state index in [9.17, 15) is 9.59 Å². The summed E-state index contributed by atoms with van der Waals surface area (Å²) in [6.07, 6.45) is 2.04. The number of methoxy groups -OCH3 is 1.